The molecule has 8 nitrogen and oxygen atoms in total. The first-order valence-electron chi connectivity index (χ1n) is 12.1. The number of hydrogen-bond donors (Lipinski definition) is 2. The number of aliphatic hydroxyl groups excluding tert-OH is 1. The fourth-order valence-electron chi connectivity index (χ4n) is 3.86. The standard InChI is InChI=1S/C28H26F3N3O5/c1-4-37-20-9-10-24(38-5-2)23(12-20)34-27-22(13-21-17(15-35)14-32-16(3)25(21)39-27)26(36)33-19-8-6-7-18(11-19)28(29,30)31/h6-14,35H,4-5,15H2,1-3H3,(H,33,36). The Morgan fingerprint density at radius 3 is 2.56 bits per heavy atom. The number of nitrogens with zero attached hydrogens (tertiary/aromatic N) is 2. The number of hydrogen-bond acceptors (Lipinski definition) is 7. The Morgan fingerprint density at radius 1 is 1.10 bits per heavy atom. The average Bonchev–Trinajstić information content (AvgIpc) is 2.90. The van der Waals surface area contributed by atoms with E-state index in [1.165, 1.54) is 24.4 Å². The van der Waals surface area contributed by atoms with E-state index in [9.17, 15) is 23.1 Å². The minimum Gasteiger partial charge on any atom is -0.494 e. The van der Waals surface area contributed by atoms with E-state index < -0.39 is 17.6 Å². The predicted molar refractivity (Wildman–Crippen MR) is 138 cm³/mol. The minimum absolute atomic E-state index is 0.0671. The van der Waals surface area contributed by atoms with Crippen molar-refractivity contribution in [2.75, 3.05) is 18.5 Å². The molecule has 0 bridgehead atoms. The molecule has 11 heteroatoms. The lowest BCUT2D eigenvalue weighted by Gasteiger charge is -2.12. The van der Waals surface area contributed by atoms with Gasteiger partial charge in [-0.3, -0.25) is 9.78 Å². The first kappa shape index (κ1) is 27.6. The van der Waals surface area contributed by atoms with Gasteiger partial charge in [0.15, 0.2) is 5.58 Å². The average molecular weight is 542 g/mol. The highest BCUT2D eigenvalue weighted by Gasteiger charge is 2.30. The number of pyridine rings is 1. The molecule has 2 aromatic carbocycles. The number of aryl methyl sites for hydroxylation is 1. The van der Waals surface area contributed by atoms with Crippen LogP contribution in [-0.4, -0.2) is 29.2 Å². The largest absolute Gasteiger partial charge is 0.494 e. The van der Waals surface area contributed by atoms with Gasteiger partial charge in [-0.2, -0.15) is 13.2 Å². The minimum atomic E-state index is -4.58. The number of alkyl halides is 3. The number of aliphatic hydroxyl groups is 1. The van der Waals surface area contributed by atoms with Gasteiger partial charge in [0, 0.05) is 28.9 Å². The van der Waals surface area contributed by atoms with Gasteiger partial charge in [-0.1, -0.05) is 6.07 Å². The van der Waals surface area contributed by atoms with Crippen LogP contribution in [-0.2, 0) is 12.8 Å². The third-order valence-electron chi connectivity index (χ3n) is 5.68. The molecule has 2 heterocycles. The van der Waals surface area contributed by atoms with E-state index >= 15 is 0 Å². The molecule has 1 amide bonds. The van der Waals surface area contributed by atoms with Crippen LogP contribution in [0, 0.1) is 6.92 Å². The number of carbonyl (C=O) groups is 1. The highest BCUT2D eigenvalue weighted by molar-refractivity contribution is 6.05. The van der Waals surface area contributed by atoms with Crippen LogP contribution in [0.15, 0.2) is 64.1 Å². The summed E-state index contributed by atoms with van der Waals surface area (Å²) in [6.45, 7) is 5.71. The Morgan fingerprint density at radius 2 is 1.87 bits per heavy atom. The van der Waals surface area contributed by atoms with Crippen molar-refractivity contribution in [3.8, 4) is 11.5 Å². The first-order chi connectivity index (χ1) is 18.6. The highest BCUT2D eigenvalue weighted by Crippen LogP contribution is 2.33. The molecule has 0 spiro atoms. The van der Waals surface area contributed by atoms with Crippen molar-refractivity contribution < 1.29 is 37.0 Å². The van der Waals surface area contributed by atoms with Gasteiger partial charge in [0.05, 0.1) is 31.1 Å². The van der Waals surface area contributed by atoms with Gasteiger partial charge in [0.1, 0.15) is 22.7 Å². The summed E-state index contributed by atoms with van der Waals surface area (Å²) in [5.41, 5.74) is 0.280. The molecule has 0 atom stereocenters. The van der Waals surface area contributed by atoms with E-state index in [2.05, 4.69) is 15.3 Å². The van der Waals surface area contributed by atoms with Crippen molar-refractivity contribution in [1.29, 1.82) is 0 Å². The number of ether oxygens (including phenoxy) is 2. The molecule has 4 rings (SSSR count). The van der Waals surface area contributed by atoms with Crippen LogP contribution in [0.3, 0.4) is 0 Å². The van der Waals surface area contributed by atoms with Gasteiger partial charge in [-0.15, -0.1) is 0 Å². The fourth-order valence-corrected chi connectivity index (χ4v) is 3.86. The predicted octanol–water partition coefficient (Wildman–Crippen LogP) is 5.93. The number of halogens is 3. The molecule has 0 fully saturated rings. The second-order valence-electron chi connectivity index (χ2n) is 8.38. The van der Waals surface area contributed by atoms with E-state index in [-0.39, 0.29) is 29.0 Å². The van der Waals surface area contributed by atoms with Crippen molar-refractivity contribution in [1.82, 2.24) is 4.98 Å². The summed E-state index contributed by atoms with van der Waals surface area (Å²) >= 11 is 0. The summed E-state index contributed by atoms with van der Waals surface area (Å²) in [7, 11) is 0. The summed E-state index contributed by atoms with van der Waals surface area (Å²) in [6, 6.07) is 10.8. The van der Waals surface area contributed by atoms with Crippen molar-refractivity contribution in [2.45, 2.75) is 33.6 Å². The zero-order valence-corrected chi connectivity index (χ0v) is 21.4. The molecule has 0 aliphatic carbocycles. The maximum atomic E-state index is 13.4. The molecular weight excluding hydrogens is 515 g/mol. The van der Waals surface area contributed by atoms with Crippen LogP contribution in [0.25, 0.3) is 11.0 Å². The number of aromatic nitrogens is 1. The van der Waals surface area contributed by atoms with Crippen LogP contribution in [0.4, 0.5) is 24.5 Å². The lowest BCUT2D eigenvalue weighted by Crippen LogP contribution is -2.22. The van der Waals surface area contributed by atoms with Gasteiger partial charge in [0.25, 0.3) is 5.91 Å². The molecule has 0 aliphatic rings. The van der Waals surface area contributed by atoms with Crippen LogP contribution in [0.1, 0.15) is 41.0 Å². The topological polar surface area (TPSA) is 106 Å². The number of anilines is 1. The van der Waals surface area contributed by atoms with E-state index in [0.717, 1.165) is 12.1 Å². The number of rotatable bonds is 8. The van der Waals surface area contributed by atoms with E-state index in [1.54, 1.807) is 32.0 Å². The van der Waals surface area contributed by atoms with Gasteiger partial charge in [-0.25, -0.2) is 4.99 Å². The molecule has 0 saturated heterocycles. The molecule has 204 valence electrons. The summed E-state index contributed by atoms with van der Waals surface area (Å²) < 4.78 is 57.0. The molecule has 0 saturated carbocycles. The molecule has 39 heavy (non-hydrogen) atoms. The molecule has 0 radical (unpaired) electrons. The Hall–Kier alpha value is -4.38. The van der Waals surface area contributed by atoms with Gasteiger partial charge in [0.2, 0.25) is 5.55 Å². The summed E-state index contributed by atoms with van der Waals surface area (Å²) in [5.74, 6) is 0.145. The summed E-state index contributed by atoms with van der Waals surface area (Å²) in [5, 5.41) is 12.7. The van der Waals surface area contributed by atoms with Gasteiger partial charge >= 0.3 is 6.18 Å². The zero-order chi connectivity index (χ0) is 28.2. The maximum Gasteiger partial charge on any atom is 0.416 e. The van der Waals surface area contributed by atoms with E-state index in [4.69, 9.17) is 13.9 Å². The molecule has 2 aromatic heterocycles. The Labute approximate surface area is 221 Å². The van der Waals surface area contributed by atoms with Gasteiger partial charge in [-0.05, 0) is 57.2 Å². The second-order valence-corrected chi connectivity index (χ2v) is 8.38. The number of fused-ring (bicyclic) bond motifs is 1. The van der Waals surface area contributed by atoms with E-state index in [1.807, 2.05) is 6.92 Å². The van der Waals surface area contributed by atoms with Crippen molar-refractivity contribution in [2.24, 2.45) is 4.99 Å². The molecule has 0 aliphatic heterocycles. The van der Waals surface area contributed by atoms with Crippen LogP contribution < -0.4 is 20.3 Å². The van der Waals surface area contributed by atoms with Crippen molar-refractivity contribution >= 4 is 28.3 Å². The van der Waals surface area contributed by atoms with Crippen LogP contribution in [0.5, 0.6) is 11.5 Å². The van der Waals surface area contributed by atoms with Crippen LogP contribution >= 0.6 is 0 Å². The summed E-state index contributed by atoms with van der Waals surface area (Å²) in [4.78, 5) is 22.3. The Balaban J connectivity index is 1.93. The normalized spacial score (nSPS) is 12.0. The maximum absolute atomic E-state index is 13.4. The van der Waals surface area contributed by atoms with E-state index in [0.29, 0.717) is 47.0 Å². The SMILES string of the molecule is CCOc1ccc(OCC)c(N=c2oc3c(C)ncc(CO)c3cc2C(=O)Nc2cccc(C(F)(F)F)c2)c1. The Kier molecular flexibility index (Phi) is 8.20. The number of carbonyl (C=O) groups excluding carboxylic acids is 1. The Bertz CT molecular complexity index is 1580. The van der Waals surface area contributed by atoms with Crippen molar-refractivity contribution in [3.05, 3.63) is 82.7 Å². The molecule has 2 N–H and O–H groups in total. The van der Waals surface area contributed by atoms with Crippen molar-refractivity contribution in [3.63, 3.8) is 0 Å². The monoisotopic (exact) mass is 541 g/mol. The molecule has 0 unspecified atom stereocenters. The smallest absolute Gasteiger partial charge is 0.416 e. The summed E-state index contributed by atoms with van der Waals surface area (Å²) in [6.07, 6.45) is -3.13. The highest BCUT2D eigenvalue weighted by atomic mass is 19.4. The number of benzene rings is 2. The third kappa shape index (κ3) is 6.20. The quantitative estimate of drug-likeness (QED) is 0.287. The first-order valence-corrected chi connectivity index (χ1v) is 12.1. The number of nitrogens with one attached hydrogen (secondary N) is 1. The van der Waals surface area contributed by atoms with Crippen LogP contribution in [0.2, 0.25) is 0 Å². The fraction of sp³-hybridized carbons (Fsp3) is 0.250. The lowest BCUT2D eigenvalue weighted by molar-refractivity contribution is -0.137. The van der Waals surface area contributed by atoms with Gasteiger partial charge < -0.3 is 24.3 Å². The third-order valence-corrected chi connectivity index (χ3v) is 5.68. The molecular formula is C28H26F3N3O5. The zero-order valence-electron chi connectivity index (χ0n) is 21.4. The second kappa shape index (κ2) is 11.6. The molecule has 4 aromatic rings. The number of amides is 1. The lowest BCUT2D eigenvalue weighted by atomic mass is 10.1.